The number of benzene rings is 1. The molecule has 3 heterocycles. The topological polar surface area (TPSA) is 128 Å². The first-order valence-electron chi connectivity index (χ1n) is 9.07. The third-order valence-electron chi connectivity index (χ3n) is 5.02. The molecule has 5 rings (SSSR count). The monoisotopic (exact) mass is 388 g/mol. The summed E-state index contributed by atoms with van der Waals surface area (Å²) in [4.78, 5) is 33.2. The summed E-state index contributed by atoms with van der Waals surface area (Å²) in [6.45, 7) is 0. The molecule has 144 valence electrons. The van der Waals surface area contributed by atoms with Crippen molar-refractivity contribution in [2.75, 3.05) is 0 Å². The minimum absolute atomic E-state index is 0.0134. The molecule has 0 bridgehead atoms. The Kier molecular flexibility index (Phi) is 3.87. The van der Waals surface area contributed by atoms with Gasteiger partial charge >= 0.3 is 0 Å². The minimum Gasteiger partial charge on any atom is -0.443 e. The molecule has 0 aliphatic heterocycles. The number of oxazole rings is 1. The van der Waals surface area contributed by atoms with Gasteiger partial charge in [-0.2, -0.15) is 5.10 Å². The van der Waals surface area contributed by atoms with Crippen LogP contribution in [0.2, 0.25) is 0 Å². The van der Waals surface area contributed by atoms with Crippen molar-refractivity contribution in [2.45, 2.75) is 18.9 Å². The molecule has 0 spiro atoms. The van der Waals surface area contributed by atoms with Gasteiger partial charge in [0.15, 0.2) is 11.3 Å². The molecular formula is C20H16N6O3. The number of hydrogen-bond acceptors (Lipinski definition) is 6. The molecule has 0 fully saturated rings. The van der Waals surface area contributed by atoms with Gasteiger partial charge in [-0.1, -0.05) is 24.3 Å². The van der Waals surface area contributed by atoms with Crippen LogP contribution in [0.25, 0.3) is 17.2 Å². The van der Waals surface area contributed by atoms with Crippen molar-refractivity contribution in [1.82, 2.24) is 24.9 Å². The predicted octanol–water partition coefficient (Wildman–Crippen LogP) is 1.38. The Hall–Kier alpha value is -4.01. The van der Waals surface area contributed by atoms with Crippen LogP contribution in [0.4, 0.5) is 0 Å². The van der Waals surface area contributed by atoms with E-state index in [0.717, 1.165) is 12.8 Å². The number of carbonyl (C=O) groups is 2. The molecule has 0 saturated heterocycles. The molecule has 29 heavy (non-hydrogen) atoms. The van der Waals surface area contributed by atoms with E-state index in [1.165, 1.54) is 34.3 Å². The molecular weight excluding hydrogens is 372 g/mol. The lowest BCUT2D eigenvalue weighted by atomic mass is 10.1. The van der Waals surface area contributed by atoms with Gasteiger partial charge in [0.05, 0.1) is 6.20 Å². The van der Waals surface area contributed by atoms with E-state index >= 15 is 0 Å². The van der Waals surface area contributed by atoms with Crippen molar-refractivity contribution >= 4 is 17.5 Å². The van der Waals surface area contributed by atoms with Gasteiger partial charge in [0.1, 0.15) is 17.5 Å². The Labute approximate surface area is 164 Å². The van der Waals surface area contributed by atoms with E-state index in [0.29, 0.717) is 0 Å². The fourth-order valence-electron chi connectivity index (χ4n) is 3.75. The van der Waals surface area contributed by atoms with E-state index in [2.05, 4.69) is 32.5 Å². The number of carbonyl (C=O) groups excluding carboxylic acids is 2. The third-order valence-corrected chi connectivity index (χ3v) is 5.02. The number of amides is 2. The Morgan fingerprint density at radius 2 is 1.86 bits per heavy atom. The smallest absolute Gasteiger partial charge is 0.270 e. The second kappa shape index (κ2) is 6.55. The summed E-state index contributed by atoms with van der Waals surface area (Å²) in [5.74, 6) is -0.918. The standard InChI is InChI=1S/C20H16N6O3/c21-17(27)15-16(20-23-7-8-29-20)25-26-14(5-6-22-18(15)26)19(28)24-13-9-11-3-1-2-4-12(11)10-13/h1-8,13H,9-10H2,(H2,21,27)(H,24,28). The largest absolute Gasteiger partial charge is 0.443 e. The summed E-state index contributed by atoms with van der Waals surface area (Å²) in [7, 11) is 0. The van der Waals surface area contributed by atoms with Crippen LogP contribution in [0, 0.1) is 0 Å². The highest BCUT2D eigenvalue weighted by atomic mass is 16.3. The maximum atomic E-state index is 13.0. The highest BCUT2D eigenvalue weighted by Gasteiger charge is 2.27. The van der Waals surface area contributed by atoms with E-state index in [4.69, 9.17) is 10.2 Å². The molecule has 1 aliphatic carbocycles. The van der Waals surface area contributed by atoms with Crippen molar-refractivity contribution in [1.29, 1.82) is 0 Å². The van der Waals surface area contributed by atoms with E-state index in [1.807, 2.05) is 12.1 Å². The molecule has 3 aromatic heterocycles. The molecule has 0 radical (unpaired) electrons. The molecule has 4 aromatic rings. The normalized spacial score (nSPS) is 13.5. The van der Waals surface area contributed by atoms with Crippen LogP contribution < -0.4 is 11.1 Å². The number of nitrogens with zero attached hydrogens (tertiary/aromatic N) is 4. The van der Waals surface area contributed by atoms with Crippen LogP contribution in [0.3, 0.4) is 0 Å². The fraction of sp³-hybridized carbons (Fsp3) is 0.150. The first kappa shape index (κ1) is 17.1. The number of rotatable bonds is 4. The van der Waals surface area contributed by atoms with Gasteiger partial charge in [0, 0.05) is 12.2 Å². The molecule has 1 aromatic carbocycles. The molecule has 2 amide bonds. The number of fused-ring (bicyclic) bond motifs is 2. The Balaban J connectivity index is 1.52. The molecule has 3 N–H and O–H groups in total. The Bertz CT molecular complexity index is 1220. The second-order valence-corrected chi connectivity index (χ2v) is 6.84. The van der Waals surface area contributed by atoms with Gasteiger partial charge < -0.3 is 15.5 Å². The number of aromatic nitrogens is 4. The molecule has 9 nitrogen and oxygen atoms in total. The first-order valence-corrected chi connectivity index (χ1v) is 9.07. The first-order chi connectivity index (χ1) is 14.1. The van der Waals surface area contributed by atoms with E-state index in [1.54, 1.807) is 6.07 Å². The van der Waals surface area contributed by atoms with Crippen LogP contribution in [-0.2, 0) is 12.8 Å². The Morgan fingerprint density at radius 3 is 2.52 bits per heavy atom. The third kappa shape index (κ3) is 2.83. The SMILES string of the molecule is NC(=O)c1c(-c2ncco2)nn2c(C(=O)NC3Cc4ccccc4C3)ccnc12. The minimum atomic E-state index is -0.732. The van der Waals surface area contributed by atoms with Crippen molar-refractivity contribution < 1.29 is 14.0 Å². The number of primary amides is 1. The highest BCUT2D eigenvalue weighted by Crippen LogP contribution is 2.25. The van der Waals surface area contributed by atoms with Crippen LogP contribution in [0.5, 0.6) is 0 Å². The molecule has 9 heteroatoms. The quantitative estimate of drug-likeness (QED) is 0.543. The lowest BCUT2D eigenvalue weighted by Gasteiger charge is -2.12. The maximum absolute atomic E-state index is 13.0. The van der Waals surface area contributed by atoms with Crippen LogP contribution in [0.15, 0.2) is 53.4 Å². The van der Waals surface area contributed by atoms with Gasteiger partial charge in [-0.25, -0.2) is 14.5 Å². The van der Waals surface area contributed by atoms with Gasteiger partial charge in [0.25, 0.3) is 11.8 Å². The van der Waals surface area contributed by atoms with Gasteiger partial charge in [-0.15, -0.1) is 0 Å². The fourth-order valence-corrected chi connectivity index (χ4v) is 3.75. The second-order valence-electron chi connectivity index (χ2n) is 6.84. The number of nitrogens with two attached hydrogens (primary N) is 1. The van der Waals surface area contributed by atoms with Crippen molar-refractivity contribution in [3.05, 3.63) is 71.4 Å². The number of hydrogen-bond donors (Lipinski definition) is 2. The highest BCUT2D eigenvalue weighted by molar-refractivity contribution is 6.04. The molecule has 0 atom stereocenters. The van der Waals surface area contributed by atoms with E-state index in [9.17, 15) is 9.59 Å². The average molecular weight is 388 g/mol. The predicted molar refractivity (Wildman–Crippen MR) is 102 cm³/mol. The zero-order chi connectivity index (χ0) is 20.0. The lowest BCUT2D eigenvalue weighted by molar-refractivity contribution is 0.0929. The van der Waals surface area contributed by atoms with Crippen molar-refractivity contribution in [2.24, 2.45) is 5.73 Å². The Morgan fingerprint density at radius 1 is 1.10 bits per heavy atom. The summed E-state index contributed by atoms with van der Waals surface area (Å²) < 4.78 is 6.56. The van der Waals surface area contributed by atoms with Gasteiger partial charge in [-0.3, -0.25) is 9.59 Å². The van der Waals surface area contributed by atoms with Crippen molar-refractivity contribution in [3.8, 4) is 11.6 Å². The summed E-state index contributed by atoms with van der Waals surface area (Å²) in [5.41, 5.74) is 8.62. The summed E-state index contributed by atoms with van der Waals surface area (Å²) in [6, 6.07) is 9.66. The van der Waals surface area contributed by atoms with Gasteiger partial charge in [-0.05, 0) is 30.0 Å². The number of nitrogens with one attached hydrogen (secondary N) is 1. The lowest BCUT2D eigenvalue weighted by Crippen LogP contribution is -2.36. The van der Waals surface area contributed by atoms with Crippen molar-refractivity contribution in [3.63, 3.8) is 0 Å². The van der Waals surface area contributed by atoms with Crippen LogP contribution >= 0.6 is 0 Å². The maximum Gasteiger partial charge on any atom is 0.270 e. The molecule has 0 unspecified atom stereocenters. The van der Waals surface area contributed by atoms with E-state index in [-0.39, 0.29) is 40.4 Å². The zero-order valence-electron chi connectivity index (χ0n) is 15.2. The van der Waals surface area contributed by atoms with Crippen LogP contribution in [-0.4, -0.2) is 37.4 Å². The zero-order valence-corrected chi connectivity index (χ0v) is 15.2. The summed E-state index contributed by atoms with van der Waals surface area (Å²) in [5, 5.41) is 7.39. The summed E-state index contributed by atoms with van der Waals surface area (Å²) >= 11 is 0. The van der Waals surface area contributed by atoms with E-state index < -0.39 is 5.91 Å². The average Bonchev–Trinajstić information content (AvgIpc) is 3.43. The molecule has 1 aliphatic rings. The van der Waals surface area contributed by atoms with Crippen LogP contribution in [0.1, 0.15) is 32.0 Å². The summed E-state index contributed by atoms with van der Waals surface area (Å²) in [6.07, 6.45) is 5.78. The van der Waals surface area contributed by atoms with Gasteiger partial charge in [0.2, 0.25) is 5.89 Å². The molecule has 0 saturated carbocycles.